The molecule has 3 rings (SSSR count). The summed E-state index contributed by atoms with van der Waals surface area (Å²) in [6, 6.07) is 7.61. The molecule has 5 nitrogen and oxygen atoms in total. The first-order chi connectivity index (χ1) is 12.0. The van der Waals surface area contributed by atoms with Crippen LogP contribution >= 0.6 is 11.6 Å². The molecular weight excluding hydrogens is 336 g/mol. The van der Waals surface area contributed by atoms with Gasteiger partial charge in [0.2, 0.25) is 0 Å². The molecule has 0 aliphatic carbocycles. The van der Waals surface area contributed by atoms with Gasteiger partial charge < -0.3 is 9.80 Å². The van der Waals surface area contributed by atoms with Gasteiger partial charge in [-0.3, -0.25) is 4.79 Å². The summed E-state index contributed by atoms with van der Waals surface area (Å²) in [6.45, 7) is 7.48. The van der Waals surface area contributed by atoms with Crippen LogP contribution in [-0.4, -0.2) is 58.7 Å². The topological polar surface area (TPSA) is 41.4 Å². The first-order valence-corrected chi connectivity index (χ1v) is 9.27. The number of hydrogen-bond donors (Lipinski definition) is 0. The van der Waals surface area contributed by atoms with E-state index < -0.39 is 0 Å². The highest BCUT2D eigenvalue weighted by Crippen LogP contribution is 2.24. The van der Waals surface area contributed by atoms with Gasteiger partial charge in [0.15, 0.2) is 0 Å². The average molecular weight is 361 g/mol. The first-order valence-electron chi connectivity index (χ1n) is 8.89. The molecular formula is C19H25ClN4O. The molecule has 25 heavy (non-hydrogen) atoms. The minimum Gasteiger partial charge on any atom is -0.336 e. The number of carbonyl (C=O) groups is 1. The van der Waals surface area contributed by atoms with Crippen LogP contribution in [0.4, 0.5) is 0 Å². The Balaban J connectivity index is 2.02. The van der Waals surface area contributed by atoms with Crippen LogP contribution in [0.1, 0.15) is 35.6 Å². The predicted octanol–water partition coefficient (Wildman–Crippen LogP) is 3.04. The highest BCUT2D eigenvalue weighted by atomic mass is 35.5. The van der Waals surface area contributed by atoms with Crippen LogP contribution in [0.25, 0.3) is 5.69 Å². The number of nitrogens with zero attached hydrogens (tertiary/aromatic N) is 4. The summed E-state index contributed by atoms with van der Waals surface area (Å²) >= 11 is 6.15. The zero-order valence-electron chi connectivity index (χ0n) is 15.1. The van der Waals surface area contributed by atoms with Gasteiger partial charge >= 0.3 is 0 Å². The van der Waals surface area contributed by atoms with Gasteiger partial charge in [0, 0.05) is 31.2 Å². The molecule has 1 aromatic carbocycles. The van der Waals surface area contributed by atoms with Crippen LogP contribution in [0.15, 0.2) is 24.3 Å². The largest absolute Gasteiger partial charge is 0.336 e. The summed E-state index contributed by atoms with van der Waals surface area (Å²) in [4.78, 5) is 17.4. The van der Waals surface area contributed by atoms with Gasteiger partial charge in [0.25, 0.3) is 5.91 Å². The number of likely N-dealkylation sites (N-methyl/N-ethyl adjacent to an activating group) is 1. The molecule has 1 aliphatic heterocycles. The third kappa shape index (κ3) is 3.58. The van der Waals surface area contributed by atoms with Crippen LogP contribution in [0.3, 0.4) is 0 Å². The van der Waals surface area contributed by atoms with Crippen LogP contribution in [-0.2, 0) is 12.8 Å². The van der Waals surface area contributed by atoms with Crippen molar-refractivity contribution in [3.05, 3.63) is 46.2 Å². The molecule has 2 heterocycles. The fraction of sp³-hybridized carbons (Fsp3) is 0.474. The van der Waals surface area contributed by atoms with Crippen molar-refractivity contribution < 1.29 is 4.79 Å². The Morgan fingerprint density at radius 1 is 1.16 bits per heavy atom. The maximum atomic E-state index is 13.2. The second kappa shape index (κ2) is 7.58. The van der Waals surface area contributed by atoms with Crippen molar-refractivity contribution in [2.24, 2.45) is 0 Å². The van der Waals surface area contributed by atoms with E-state index in [9.17, 15) is 4.79 Å². The Hall–Kier alpha value is -1.85. The quantitative estimate of drug-likeness (QED) is 0.841. The average Bonchev–Trinajstić information content (AvgIpc) is 3.00. The highest BCUT2D eigenvalue weighted by molar-refractivity contribution is 6.30. The Labute approximate surface area is 154 Å². The van der Waals surface area contributed by atoms with E-state index in [1.165, 1.54) is 0 Å². The number of benzene rings is 1. The third-order valence-corrected chi connectivity index (χ3v) is 5.02. The molecule has 1 aliphatic rings. The maximum Gasteiger partial charge on any atom is 0.257 e. The summed E-state index contributed by atoms with van der Waals surface area (Å²) in [5, 5.41) is 5.41. The minimum absolute atomic E-state index is 0.107. The van der Waals surface area contributed by atoms with Crippen molar-refractivity contribution >= 4 is 17.5 Å². The van der Waals surface area contributed by atoms with Crippen LogP contribution in [0.2, 0.25) is 5.02 Å². The number of carbonyl (C=O) groups excluding carboxylic acids is 1. The first kappa shape index (κ1) is 18.0. The summed E-state index contributed by atoms with van der Waals surface area (Å²) in [7, 11) is 2.09. The Kier molecular flexibility index (Phi) is 5.45. The molecule has 1 saturated heterocycles. The lowest BCUT2D eigenvalue weighted by Gasteiger charge is -2.32. The van der Waals surface area contributed by atoms with E-state index >= 15 is 0 Å². The van der Waals surface area contributed by atoms with E-state index in [1.807, 2.05) is 40.8 Å². The SMILES string of the molecule is CCc1nn(-c2cccc(Cl)c2)c(CC)c1C(=O)N1CCN(C)CC1. The lowest BCUT2D eigenvalue weighted by molar-refractivity contribution is 0.0662. The number of rotatable bonds is 4. The van der Waals surface area contributed by atoms with Crippen LogP contribution in [0.5, 0.6) is 0 Å². The van der Waals surface area contributed by atoms with Crippen molar-refractivity contribution in [2.75, 3.05) is 33.2 Å². The van der Waals surface area contributed by atoms with E-state index in [4.69, 9.17) is 16.7 Å². The summed E-state index contributed by atoms with van der Waals surface area (Å²) < 4.78 is 1.88. The standard InChI is InChI=1S/C19H25ClN4O/c1-4-16-18(19(25)23-11-9-22(3)10-12-23)17(5-2)24(21-16)15-8-6-7-14(20)13-15/h6-8,13H,4-5,9-12H2,1-3H3. The van der Waals surface area contributed by atoms with Crippen LogP contribution in [0, 0.1) is 0 Å². The molecule has 0 spiro atoms. The zero-order chi connectivity index (χ0) is 18.0. The molecule has 0 radical (unpaired) electrons. The fourth-order valence-corrected chi connectivity index (χ4v) is 3.50. The molecule has 134 valence electrons. The van der Waals surface area contributed by atoms with Gasteiger partial charge in [-0.2, -0.15) is 5.10 Å². The molecule has 0 saturated carbocycles. The van der Waals surface area contributed by atoms with Gasteiger partial charge in [-0.1, -0.05) is 31.5 Å². The van der Waals surface area contributed by atoms with E-state index in [1.54, 1.807) is 0 Å². The smallest absolute Gasteiger partial charge is 0.257 e. The zero-order valence-corrected chi connectivity index (χ0v) is 15.9. The second-order valence-electron chi connectivity index (χ2n) is 6.46. The molecule has 0 bridgehead atoms. The lowest BCUT2D eigenvalue weighted by Crippen LogP contribution is -2.47. The number of halogens is 1. The van der Waals surface area contributed by atoms with Crippen LogP contribution < -0.4 is 0 Å². The number of amides is 1. The molecule has 1 amide bonds. The van der Waals surface area contributed by atoms with Gasteiger partial charge in [0.05, 0.1) is 22.6 Å². The van der Waals surface area contributed by atoms with Gasteiger partial charge in [0.1, 0.15) is 0 Å². The number of piperazine rings is 1. The molecule has 1 aromatic heterocycles. The summed E-state index contributed by atoms with van der Waals surface area (Å²) in [5.74, 6) is 0.107. The van der Waals surface area contributed by atoms with E-state index in [0.29, 0.717) is 5.02 Å². The Bertz CT molecular complexity index is 763. The summed E-state index contributed by atoms with van der Waals surface area (Å²) in [6.07, 6.45) is 1.48. The molecule has 2 aromatic rings. The van der Waals surface area contributed by atoms with Gasteiger partial charge in [-0.05, 0) is 38.1 Å². The normalized spacial score (nSPS) is 15.6. The second-order valence-corrected chi connectivity index (χ2v) is 6.90. The third-order valence-electron chi connectivity index (χ3n) is 4.78. The lowest BCUT2D eigenvalue weighted by atomic mass is 10.1. The molecule has 6 heteroatoms. The molecule has 0 unspecified atom stereocenters. The van der Waals surface area contributed by atoms with Crippen molar-refractivity contribution in [2.45, 2.75) is 26.7 Å². The van der Waals surface area contributed by atoms with Crippen molar-refractivity contribution in [1.29, 1.82) is 0 Å². The predicted molar refractivity (Wildman–Crippen MR) is 101 cm³/mol. The van der Waals surface area contributed by atoms with E-state index in [-0.39, 0.29) is 5.91 Å². The summed E-state index contributed by atoms with van der Waals surface area (Å²) in [5.41, 5.74) is 3.50. The molecule has 0 atom stereocenters. The van der Waals surface area contributed by atoms with Gasteiger partial charge in [-0.15, -0.1) is 0 Å². The van der Waals surface area contributed by atoms with E-state index in [2.05, 4.69) is 18.9 Å². The molecule has 1 fully saturated rings. The molecule has 0 N–H and O–H groups in total. The minimum atomic E-state index is 0.107. The number of hydrogen-bond acceptors (Lipinski definition) is 3. The fourth-order valence-electron chi connectivity index (χ4n) is 3.31. The number of aromatic nitrogens is 2. The Morgan fingerprint density at radius 2 is 1.88 bits per heavy atom. The number of aryl methyl sites for hydroxylation is 1. The van der Waals surface area contributed by atoms with Gasteiger partial charge in [-0.25, -0.2) is 4.68 Å². The van der Waals surface area contributed by atoms with E-state index in [0.717, 1.165) is 61.7 Å². The van der Waals surface area contributed by atoms with Crippen molar-refractivity contribution in [3.8, 4) is 5.69 Å². The Morgan fingerprint density at radius 3 is 2.48 bits per heavy atom. The van der Waals surface area contributed by atoms with Crippen molar-refractivity contribution in [1.82, 2.24) is 19.6 Å². The van der Waals surface area contributed by atoms with Crippen molar-refractivity contribution in [3.63, 3.8) is 0 Å². The maximum absolute atomic E-state index is 13.2. The monoisotopic (exact) mass is 360 g/mol. The highest BCUT2D eigenvalue weighted by Gasteiger charge is 2.28.